The highest BCUT2D eigenvalue weighted by Crippen LogP contribution is 2.23. The summed E-state index contributed by atoms with van der Waals surface area (Å²) < 4.78 is 5.26. The molecule has 3 heteroatoms. The second-order valence-corrected chi connectivity index (χ2v) is 4.16. The first-order valence-electron chi connectivity index (χ1n) is 5.58. The minimum atomic E-state index is -0.306. The topological polar surface area (TPSA) is 41.5 Å². The molecule has 1 rings (SSSR count). The first kappa shape index (κ1) is 13.0. The summed E-state index contributed by atoms with van der Waals surface area (Å²) in [6.45, 7) is 7.33. The van der Waals surface area contributed by atoms with Gasteiger partial charge in [-0.3, -0.25) is 0 Å². The van der Waals surface area contributed by atoms with Crippen molar-refractivity contribution in [2.24, 2.45) is 0 Å². The summed E-state index contributed by atoms with van der Waals surface area (Å²) in [6.07, 6.45) is -0.306. The molecule has 1 aromatic carbocycles. The van der Waals surface area contributed by atoms with E-state index in [1.165, 1.54) is 16.7 Å². The molecule has 3 nitrogen and oxygen atoms in total. The summed E-state index contributed by atoms with van der Waals surface area (Å²) in [7, 11) is 1.69. The quantitative estimate of drug-likeness (QED) is 0.799. The molecule has 1 atom stereocenters. The summed E-state index contributed by atoms with van der Waals surface area (Å²) in [4.78, 5) is 0. The SMILES string of the molecule is COc1ccc(CNCC(C)O)c(C)c1C. The average Bonchev–Trinajstić information content (AvgIpc) is 2.24. The number of ether oxygens (including phenoxy) is 1. The van der Waals surface area contributed by atoms with Crippen molar-refractivity contribution in [1.29, 1.82) is 0 Å². The smallest absolute Gasteiger partial charge is 0.122 e. The highest BCUT2D eigenvalue weighted by Gasteiger charge is 2.06. The molecule has 90 valence electrons. The van der Waals surface area contributed by atoms with Gasteiger partial charge in [0.15, 0.2) is 0 Å². The fourth-order valence-electron chi connectivity index (χ4n) is 1.68. The van der Waals surface area contributed by atoms with Gasteiger partial charge in [-0.15, -0.1) is 0 Å². The van der Waals surface area contributed by atoms with Crippen molar-refractivity contribution in [1.82, 2.24) is 5.32 Å². The van der Waals surface area contributed by atoms with Crippen LogP contribution in [0.25, 0.3) is 0 Å². The Labute approximate surface area is 97.4 Å². The van der Waals surface area contributed by atoms with Crippen LogP contribution < -0.4 is 10.1 Å². The number of benzene rings is 1. The zero-order valence-corrected chi connectivity index (χ0v) is 10.5. The third-order valence-electron chi connectivity index (χ3n) is 2.82. The van der Waals surface area contributed by atoms with E-state index in [0.29, 0.717) is 6.54 Å². The molecule has 0 saturated heterocycles. The van der Waals surface area contributed by atoms with Crippen LogP contribution in [0.4, 0.5) is 0 Å². The van der Waals surface area contributed by atoms with Crippen molar-refractivity contribution in [3.63, 3.8) is 0 Å². The minimum Gasteiger partial charge on any atom is -0.496 e. The van der Waals surface area contributed by atoms with Crippen LogP contribution in [0.2, 0.25) is 0 Å². The molecule has 0 aliphatic carbocycles. The molecule has 0 heterocycles. The van der Waals surface area contributed by atoms with E-state index in [-0.39, 0.29) is 6.10 Å². The lowest BCUT2D eigenvalue weighted by Gasteiger charge is -2.13. The van der Waals surface area contributed by atoms with Crippen molar-refractivity contribution >= 4 is 0 Å². The van der Waals surface area contributed by atoms with Crippen molar-refractivity contribution in [2.75, 3.05) is 13.7 Å². The third-order valence-corrected chi connectivity index (χ3v) is 2.82. The van der Waals surface area contributed by atoms with Crippen LogP contribution in [-0.2, 0) is 6.54 Å². The minimum absolute atomic E-state index is 0.306. The molecule has 0 aromatic heterocycles. The number of hydrogen-bond acceptors (Lipinski definition) is 3. The predicted octanol–water partition coefficient (Wildman–Crippen LogP) is 1.78. The van der Waals surface area contributed by atoms with Gasteiger partial charge in [-0.25, -0.2) is 0 Å². The maximum atomic E-state index is 9.15. The van der Waals surface area contributed by atoms with Gasteiger partial charge in [-0.05, 0) is 43.5 Å². The van der Waals surface area contributed by atoms with Gasteiger partial charge < -0.3 is 15.2 Å². The number of nitrogens with one attached hydrogen (secondary N) is 1. The Bertz CT molecular complexity index is 348. The van der Waals surface area contributed by atoms with E-state index < -0.39 is 0 Å². The largest absolute Gasteiger partial charge is 0.496 e. The standard InChI is InChI=1S/C13H21NO2/c1-9(15)7-14-8-12-5-6-13(16-4)11(3)10(12)2/h5-6,9,14-15H,7-8H2,1-4H3. The summed E-state index contributed by atoms with van der Waals surface area (Å²) >= 11 is 0. The molecule has 0 radical (unpaired) electrons. The van der Waals surface area contributed by atoms with Crippen LogP contribution in [0.1, 0.15) is 23.6 Å². The maximum absolute atomic E-state index is 9.15. The van der Waals surface area contributed by atoms with E-state index in [0.717, 1.165) is 12.3 Å². The first-order valence-corrected chi connectivity index (χ1v) is 5.58. The monoisotopic (exact) mass is 223 g/mol. The van der Waals surface area contributed by atoms with Crippen LogP contribution in [0, 0.1) is 13.8 Å². The number of hydrogen-bond donors (Lipinski definition) is 2. The van der Waals surface area contributed by atoms with Gasteiger partial charge in [-0.2, -0.15) is 0 Å². The fraction of sp³-hybridized carbons (Fsp3) is 0.538. The predicted molar refractivity (Wildman–Crippen MR) is 65.9 cm³/mol. The van der Waals surface area contributed by atoms with Gasteiger partial charge in [0.25, 0.3) is 0 Å². The summed E-state index contributed by atoms with van der Waals surface area (Å²) in [6, 6.07) is 4.05. The zero-order chi connectivity index (χ0) is 12.1. The molecule has 0 aliphatic heterocycles. The number of methoxy groups -OCH3 is 1. The Morgan fingerprint density at radius 1 is 1.31 bits per heavy atom. The lowest BCUT2D eigenvalue weighted by Crippen LogP contribution is -2.24. The highest BCUT2D eigenvalue weighted by atomic mass is 16.5. The van der Waals surface area contributed by atoms with Crippen LogP contribution in [-0.4, -0.2) is 24.9 Å². The Morgan fingerprint density at radius 2 is 2.00 bits per heavy atom. The van der Waals surface area contributed by atoms with Crippen molar-refractivity contribution in [3.8, 4) is 5.75 Å². The van der Waals surface area contributed by atoms with Gasteiger partial charge in [-0.1, -0.05) is 6.07 Å². The van der Waals surface area contributed by atoms with Crippen LogP contribution >= 0.6 is 0 Å². The Balaban J connectivity index is 2.71. The van der Waals surface area contributed by atoms with Gasteiger partial charge in [0.1, 0.15) is 5.75 Å². The molecule has 0 amide bonds. The maximum Gasteiger partial charge on any atom is 0.122 e. The van der Waals surface area contributed by atoms with Gasteiger partial charge in [0, 0.05) is 13.1 Å². The number of rotatable bonds is 5. The molecular formula is C13H21NO2. The Kier molecular flexibility index (Phi) is 4.77. The molecule has 2 N–H and O–H groups in total. The zero-order valence-electron chi connectivity index (χ0n) is 10.5. The molecule has 0 saturated carbocycles. The molecule has 0 aliphatic rings. The van der Waals surface area contributed by atoms with Crippen molar-refractivity contribution in [2.45, 2.75) is 33.4 Å². The molecule has 1 unspecified atom stereocenters. The molecule has 1 aromatic rings. The van der Waals surface area contributed by atoms with Gasteiger partial charge in [0.05, 0.1) is 13.2 Å². The number of aliphatic hydroxyl groups is 1. The molecule has 0 spiro atoms. The Hall–Kier alpha value is -1.06. The molecule has 0 bridgehead atoms. The molecular weight excluding hydrogens is 202 g/mol. The molecule has 0 fully saturated rings. The second-order valence-electron chi connectivity index (χ2n) is 4.16. The van der Waals surface area contributed by atoms with E-state index in [1.807, 2.05) is 6.07 Å². The fourth-order valence-corrected chi connectivity index (χ4v) is 1.68. The lowest BCUT2D eigenvalue weighted by molar-refractivity contribution is 0.191. The van der Waals surface area contributed by atoms with E-state index >= 15 is 0 Å². The first-order chi connectivity index (χ1) is 7.56. The van der Waals surface area contributed by atoms with Gasteiger partial charge in [0.2, 0.25) is 0 Å². The average molecular weight is 223 g/mol. The van der Waals surface area contributed by atoms with E-state index in [1.54, 1.807) is 14.0 Å². The van der Waals surface area contributed by atoms with E-state index in [9.17, 15) is 0 Å². The molecule has 16 heavy (non-hydrogen) atoms. The Morgan fingerprint density at radius 3 is 2.56 bits per heavy atom. The van der Waals surface area contributed by atoms with Crippen LogP contribution in [0.3, 0.4) is 0 Å². The van der Waals surface area contributed by atoms with Crippen molar-refractivity contribution in [3.05, 3.63) is 28.8 Å². The normalized spacial score (nSPS) is 12.6. The highest BCUT2D eigenvalue weighted by molar-refractivity contribution is 5.43. The van der Waals surface area contributed by atoms with E-state index in [2.05, 4.69) is 25.2 Å². The summed E-state index contributed by atoms with van der Waals surface area (Å²) in [5, 5.41) is 12.4. The number of aliphatic hydroxyl groups excluding tert-OH is 1. The lowest BCUT2D eigenvalue weighted by atomic mass is 10.0. The van der Waals surface area contributed by atoms with Crippen LogP contribution in [0.15, 0.2) is 12.1 Å². The summed E-state index contributed by atoms with van der Waals surface area (Å²) in [5.74, 6) is 0.928. The van der Waals surface area contributed by atoms with Crippen LogP contribution in [0.5, 0.6) is 5.75 Å². The van der Waals surface area contributed by atoms with E-state index in [4.69, 9.17) is 9.84 Å². The van der Waals surface area contributed by atoms with Crippen molar-refractivity contribution < 1.29 is 9.84 Å². The third kappa shape index (κ3) is 3.22. The second kappa shape index (κ2) is 5.87. The summed E-state index contributed by atoms with van der Waals surface area (Å²) in [5.41, 5.74) is 3.68. The van der Waals surface area contributed by atoms with Gasteiger partial charge >= 0.3 is 0 Å².